The van der Waals surface area contributed by atoms with Gasteiger partial charge in [-0.1, -0.05) is 19.9 Å². The van der Waals surface area contributed by atoms with E-state index in [9.17, 15) is 13.2 Å². The molecule has 1 aromatic carbocycles. The van der Waals surface area contributed by atoms with E-state index in [-0.39, 0.29) is 17.3 Å². The number of aryl methyl sites for hydroxylation is 3. The van der Waals surface area contributed by atoms with Gasteiger partial charge in [0.05, 0.1) is 11.4 Å². The van der Waals surface area contributed by atoms with E-state index in [1.807, 2.05) is 32.0 Å². The zero-order valence-corrected chi connectivity index (χ0v) is 17.6. The Bertz CT molecular complexity index is 924. The Kier molecular flexibility index (Phi) is 6.43. The minimum Gasteiger partial charge on any atom is -0.324 e. The summed E-state index contributed by atoms with van der Waals surface area (Å²) in [7, 11) is -3.63. The molecule has 1 heterocycles. The smallest absolute Gasteiger partial charge is 0.246 e. The zero-order chi connectivity index (χ0) is 20.4. The number of rotatable bonds is 7. The van der Waals surface area contributed by atoms with Crippen molar-refractivity contribution >= 4 is 21.6 Å². The maximum Gasteiger partial charge on any atom is 0.246 e. The minimum absolute atomic E-state index is 0.0482. The molecule has 8 heteroatoms. The summed E-state index contributed by atoms with van der Waals surface area (Å²) in [6.07, 6.45) is 0. The monoisotopic (exact) mass is 392 g/mol. The molecule has 0 fully saturated rings. The number of aromatic nitrogens is 2. The number of nitrogens with one attached hydrogen (secondary N) is 1. The first-order valence-electron chi connectivity index (χ1n) is 9.02. The van der Waals surface area contributed by atoms with Gasteiger partial charge in [-0.15, -0.1) is 0 Å². The van der Waals surface area contributed by atoms with Crippen molar-refractivity contribution in [1.29, 1.82) is 0 Å². The third kappa shape index (κ3) is 4.56. The van der Waals surface area contributed by atoms with E-state index in [0.717, 1.165) is 16.8 Å². The molecule has 2 aromatic rings. The Hall–Kier alpha value is -2.19. The van der Waals surface area contributed by atoms with Gasteiger partial charge in [0.2, 0.25) is 15.9 Å². The van der Waals surface area contributed by atoms with Gasteiger partial charge in [-0.3, -0.25) is 9.48 Å². The standard InChI is InChI=1S/C19H28N4O3S/c1-7-22(8-2)27(25,26)19-15(5)21-23(16(19)6)12-18(24)20-17-10-13(3)9-14(4)11-17/h9-11H,7-8,12H2,1-6H3,(H,20,24). The summed E-state index contributed by atoms with van der Waals surface area (Å²) in [6.45, 7) is 11.6. The summed E-state index contributed by atoms with van der Waals surface area (Å²) >= 11 is 0. The van der Waals surface area contributed by atoms with Crippen molar-refractivity contribution in [2.45, 2.75) is 53.0 Å². The van der Waals surface area contributed by atoms with E-state index in [2.05, 4.69) is 10.4 Å². The second kappa shape index (κ2) is 8.22. The maximum absolute atomic E-state index is 12.9. The summed E-state index contributed by atoms with van der Waals surface area (Å²) in [5, 5.41) is 7.15. The molecule has 0 bridgehead atoms. The van der Waals surface area contributed by atoms with E-state index in [1.165, 1.54) is 8.99 Å². The Morgan fingerprint density at radius 2 is 1.63 bits per heavy atom. The van der Waals surface area contributed by atoms with Crippen LogP contribution in [0.5, 0.6) is 0 Å². The van der Waals surface area contributed by atoms with Crippen molar-refractivity contribution in [2.75, 3.05) is 18.4 Å². The van der Waals surface area contributed by atoms with Crippen LogP contribution in [0.3, 0.4) is 0 Å². The summed E-state index contributed by atoms with van der Waals surface area (Å²) in [4.78, 5) is 12.6. The number of benzene rings is 1. The summed E-state index contributed by atoms with van der Waals surface area (Å²) in [6, 6.07) is 5.81. The normalized spacial score (nSPS) is 11.8. The molecule has 0 saturated carbocycles. The molecule has 1 amide bonds. The van der Waals surface area contributed by atoms with Gasteiger partial charge >= 0.3 is 0 Å². The van der Waals surface area contributed by atoms with Gasteiger partial charge in [-0.05, 0) is 51.0 Å². The molecule has 1 aromatic heterocycles. The predicted octanol–water partition coefficient (Wildman–Crippen LogP) is 2.79. The maximum atomic E-state index is 12.9. The van der Waals surface area contributed by atoms with Crippen molar-refractivity contribution < 1.29 is 13.2 Å². The van der Waals surface area contributed by atoms with Crippen molar-refractivity contribution in [1.82, 2.24) is 14.1 Å². The van der Waals surface area contributed by atoms with Crippen LogP contribution in [-0.2, 0) is 21.4 Å². The van der Waals surface area contributed by atoms with E-state index < -0.39 is 10.0 Å². The molecule has 0 atom stereocenters. The molecule has 0 unspecified atom stereocenters. The Labute approximate surface area is 161 Å². The number of hydrogen-bond donors (Lipinski definition) is 1. The fourth-order valence-corrected chi connectivity index (χ4v) is 5.11. The highest BCUT2D eigenvalue weighted by Crippen LogP contribution is 2.23. The van der Waals surface area contributed by atoms with Crippen molar-refractivity contribution in [3.63, 3.8) is 0 Å². The molecule has 7 nitrogen and oxygen atoms in total. The van der Waals surface area contributed by atoms with Crippen LogP contribution >= 0.6 is 0 Å². The molecule has 0 aliphatic carbocycles. The van der Waals surface area contributed by atoms with Crippen LogP contribution in [0.25, 0.3) is 0 Å². The minimum atomic E-state index is -3.63. The van der Waals surface area contributed by atoms with Gasteiger partial charge in [0, 0.05) is 18.8 Å². The number of sulfonamides is 1. The van der Waals surface area contributed by atoms with Gasteiger partial charge < -0.3 is 5.32 Å². The fourth-order valence-electron chi connectivity index (χ4n) is 3.28. The van der Waals surface area contributed by atoms with E-state index in [0.29, 0.717) is 24.5 Å². The molecule has 0 spiro atoms. The number of nitrogens with zero attached hydrogens (tertiary/aromatic N) is 3. The number of carbonyl (C=O) groups excluding carboxylic acids is 1. The molecular formula is C19H28N4O3S. The van der Waals surface area contributed by atoms with Crippen LogP contribution in [0.1, 0.15) is 36.4 Å². The molecule has 0 radical (unpaired) electrons. The number of hydrogen-bond acceptors (Lipinski definition) is 4. The summed E-state index contributed by atoms with van der Waals surface area (Å²) in [5.74, 6) is -0.252. The second-order valence-corrected chi connectivity index (χ2v) is 8.55. The number of anilines is 1. The first-order valence-corrected chi connectivity index (χ1v) is 10.5. The molecule has 2 rings (SSSR count). The number of amides is 1. The third-order valence-electron chi connectivity index (χ3n) is 4.42. The van der Waals surface area contributed by atoms with Gasteiger partial charge in [0.15, 0.2) is 0 Å². The van der Waals surface area contributed by atoms with Gasteiger partial charge in [-0.2, -0.15) is 9.40 Å². The van der Waals surface area contributed by atoms with E-state index in [4.69, 9.17) is 0 Å². The van der Waals surface area contributed by atoms with Crippen LogP contribution < -0.4 is 5.32 Å². The van der Waals surface area contributed by atoms with Crippen LogP contribution in [0.4, 0.5) is 5.69 Å². The predicted molar refractivity (Wildman–Crippen MR) is 106 cm³/mol. The van der Waals surface area contributed by atoms with Crippen LogP contribution in [0.15, 0.2) is 23.1 Å². The second-order valence-electron chi connectivity index (χ2n) is 6.67. The molecular weight excluding hydrogens is 364 g/mol. The molecule has 0 aliphatic heterocycles. The summed E-state index contributed by atoms with van der Waals surface area (Å²) < 4.78 is 28.6. The third-order valence-corrected chi connectivity index (χ3v) is 6.72. The molecule has 27 heavy (non-hydrogen) atoms. The zero-order valence-electron chi connectivity index (χ0n) is 16.8. The Balaban J connectivity index is 2.27. The highest BCUT2D eigenvalue weighted by atomic mass is 32.2. The highest BCUT2D eigenvalue weighted by Gasteiger charge is 2.29. The molecule has 1 N–H and O–H groups in total. The summed E-state index contributed by atoms with van der Waals surface area (Å²) in [5.41, 5.74) is 3.71. The van der Waals surface area contributed by atoms with Crippen molar-refractivity contribution in [3.8, 4) is 0 Å². The van der Waals surface area contributed by atoms with Crippen LogP contribution in [-0.4, -0.2) is 41.5 Å². The van der Waals surface area contributed by atoms with E-state index in [1.54, 1.807) is 27.7 Å². The first-order chi connectivity index (χ1) is 12.6. The topological polar surface area (TPSA) is 84.3 Å². The molecule has 148 valence electrons. The van der Waals surface area contributed by atoms with Gasteiger partial charge in [0.1, 0.15) is 11.4 Å². The van der Waals surface area contributed by atoms with Crippen LogP contribution in [0, 0.1) is 27.7 Å². The molecule has 0 aliphatic rings. The van der Waals surface area contributed by atoms with Gasteiger partial charge in [-0.25, -0.2) is 8.42 Å². The molecule has 0 saturated heterocycles. The average molecular weight is 393 g/mol. The average Bonchev–Trinajstić information content (AvgIpc) is 2.81. The lowest BCUT2D eigenvalue weighted by atomic mass is 10.1. The lowest BCUT2D eigenvalue weighted by Crippen LogP contribution is -2.31. The SMILES string of the molecule is CCN(CC)S(=O)(=O)c1c(C)nn(CC(=O)Nc2cc(C)cc(C)c2)c1C. The highest BCUT2D eigenvalue weighted by molar-refractivity contribution is 7.89. The lowest BCUT2D eigenvalue weighted by molar-refractivity contribution is -0.116. The van der Waals surface area contributed by atoms with E-state index >= 15 is 0 Å². The lowest BCUT2D eigenvalue weighted by Gasteiger charge is -2.18. The quantitative estimate of drug-likeness (QED) is 0.785. The number of carbonyl (C=O) groups is 1. The Morgan fingerprint density at radius 3 is 2.15 bits per heavy atom. The fraction of sp³-hybridized carbons (Fsp3) is 0.474. The van der Waals surface area contributed by atoms with Crippen molar-refractivity contribution in [3.05, 3.63) is 40.7 Å². The first kappa shape index (κ1) is 21.1. The Morgan fingerprint density at radius 1 is 1.07 bits per heavy atom. The van der Waals surface area contributed by atoms with Crippen LogP contribution in [0.2, 0.25) is 0 Å². The van der Waals surface area contributed by atoms with Crippen molar-refractivity contribution in [2.24, 2.45) is 0 Å². The largest absolute Gasteiger partial charge is 0.324 e. The van der Waals surface area contributed by atoms with Gasteiger partial charge in [0.25, 0.3) is 0 Å².